The number of hydrogen-bond acceptors (Lipinski definition) is 2. The average molecular weight is 795 g/mol. The van der Waals surface area contributed by atoms with Crippen molar-refractivity contribution in [1.29, 1.82) is 0 Å². The van der Waals surface area contributed by atoms with E-state index in [-0.39, 0.29) is 5.41 Å². The van der Waals surface area contributed by atoms with Gasteiger partial charge < -0.3 is 0 Å². The van der Waals surface area contributed by atoms with Crippen LogP contribution >= 0.6 is 0 Å². The maximum atomic E-state index is 5.36. The Labute approximate surface area is 364 Å². The Hall–Kier alpha value is -6.90. The maximum Gasteiger partial charge on any atom is 0.160 e. The molecule has 296 valence electrons. The first kappa shape index (κ1) is 35.8. The number of fused-ring (bicyclic) bond motifs is 4. The summed E-state index contributed by atoms with van der Waals surface area (Å²) in [5.74, 6) is 3.92. The Kier molecular flexibility index (Phi) is 8.13. The van der Waals surface area contributed by atoms with Gasteiger partial charge in [0.1, 0.15) is 0 Å². The lowest BCUT2D eigenvalue weighted by Gasteiger charge is -2.61. The third-order valence-electron chi connectivity index (χ3n) is 15.3. The van der Waals surface area contributed by atoms with Crippen LogP contribution in [0, 0.1) is 23.7 Å². The molecule has 0 N–H and O–H groups in total. The second kappa shape index (κ2) is 14.1. The predicted molar refractivity (Wildman–Crippen MR) is 255 cm³/mol. The minimum Gasteiger partial charge on any atom is -0.228 e. The van der Waals surface area contributed by atoms with E-state index >= 15 is 0 Å². The number of aromatic nitrogens is 2. The van der Waals surface area contributed by atoms with E-state index in [1.807, 2.05) is 0 Å². The quantitative estimate of drug-likeness (QED) is 0.168. The van der Waals surface area contributed by atoms with Crippen LogP contribution in [0.25, 0.3) is 89.2 Å². The van der Waals surface area contributed by atoms with Gasteiger partial charge in [-0.05, 0) is 140 Å². The summed E-state index contributed by atoms with van der Waals surface area (Å²) in [5, 5.41) is 2.70. The smallest absolute Gasteiger partial charge is 0.160 e. The monoisotopic (exact) mass is 794 g/mol. The van der Waals surface area contributed by atoms with Gasteiger partial charge in [-0.25, -0.2) is 9.97 Å². The second-order valence-electron chi connectivity index (χ2n) is 18.5. The summed E-state index contributed by atoms with van der Waals surface area (Å²) < 4.78 is 0. The molecular weight excluding hydrogens is 749 g/mol. The number of nitrogens with zero attached hydrogens (tertiary/aromatic N) is 2. The number of hydrogen-bond donors (Lipinski definition) is 0. The Balaban J connectivity index is 0.989. The molecule has 5 aliphatic carbocycles. The molecule has 4 fully saturated rings. The molecule has 0 amide bonds. The molecule has 1 aromatic heterocycles. The van der Waals surface area contributed by atoms with Gasteiger partial charge in [0.25, 0.3) is 0 Å². The molecule has 0 aliphatic heterocycles. The summed E-state index contributed by atoms with van der Waals surface area (Å²) >= 11 is 0. The summed E-state index contributed by atoms with van der Waals surface area (Å²) in [6, 6.07) is 71.4. The van der Waals surface area contributed by atoms with Crippen molar-refractivity contribution in [3.05, 3.63) is 205 Å². The zero-order chi connectivity index (χ0) is 40.8. The zero-order valence-corrected chi connectivity index (χ0v) is 34.7. The maximum absolute atomic E-state index is 5.36. The van der Waals surface area contributed by atoms with E-state index in [2.05, 4.69) is 194 Å². The van der Waals surface area contributed by atoms with Gasteiger partial charge in [-0.2, -0.15) is 0 Å². The van der Waals surface area contributed by atoms with E-state index in [1.54, 1.807) is 11.1 Å². The van der Waals surface area contributed by atoms with Gasteiger partial charge >= 0.3 is 0 Å². The van der Waals surface area contributed by atoms with Crippen LogP contribution in [0.5, 0.6) is 0 Å². The fourth-order valence-corrected chi connectivity index (χ4v) is 13.0. The molecule has 0 radical (unpaired) electrons. The van der Waals surface area contributed by atoms with Crippen molar-refractivity contribution < 1.29 is 0 Å². The van der Waals surface area contributed by atoms with Crippen LogP contribution in [-0.4, -0.2) is 9.97 Å². The van der Waals surface area contributed by atoms with Gasteiger partial charge in [-0.1, -0.05) is 176 Å². The molecule has 62 heavy (non-hydrogen) atoms. The number of benzene rings is 8. The van der Waals surface area contributed by atoms with E-state index in [0.29, 0.717) is 11.8 Å². The third kappa shape index (κ3) is 5.49. The molecule has 2 heteroatoms. The Morgan fingerprint density at radius 2 is 0.839 bits per heavy atom. The van der Waals surface area contributed by atoms with Gasteiger partial charge in [0, 0.05) is 22.1 Å². The fourth-order valence-electron chi connectivity index (χ4n) is 13.0. The van der Waals surface area contributed by atoms with Crippen LogP contribution in [0.2, 0.25) is 0 Å². The molecule has 9 aromatic rings. The molecule has 2 nitrogen and oxygen atoms in total. The minimum atomic E-state index is 0.0788. The van der Waals surface area contributed by atoms with Crippen molar-refractivity contribution in [3.8, 4) is 78.4 Å². The van der Waals surface area contributed by atoms with Gasteiger partial charge in [0.15, 0.2) is 5.82 Å². The van der Waals surface area contributed by atoms with E-state index in [0.717, 1.165) is 45.7 Å². The lowest BCUT2D eigenvalue weighted by Crippen LogP contribution is -2.55. The van der Waals surface area contributed by atoms with Crippen LogP contribution in [0.3, 0.4) is 0 Å². The normalized spacial score (nSPS) is 21.6. The van der Waals surface area contributed by atoms with Crippen LogP contribution in [0.15, 0.2) is 194 Å². The number of rotatable bonds is 6. The summed E-state index contributed by atoms with van der Waals surface area (Å²) in [4.78, 5) is 10.6. The molecule has 1 heterocycles. The molecule has 8 aromatic carbocycles. The highest BCUT2D eigenvalue weighted by atomic mass is 14.9. The van der Waals surface area contributed by atoms with Gasteiger partial charge in [-0.3, -0.25) is 0 Å². The van der Waals surface area contributed by atoms with Gasteiger partial charge in [0.05, 0.1) is 11.4 Å². The van der Waals surface area contributed by atoms with Crippen LogP contribution in [0.4, 0.5) is 0 Å². The van der Waals surface area contributed by atoms with Gasteiger partial charge in [-0.15, -0.1) is 0 Å². The Morgan fingerprint density at radius 1 is 0.339 bits per heavy atom. The molecule has 0 unspecified atom stereocenters. The summed E-state index contributed by atoms with van der Waals surface area (Å²) in [5.41, 5.74) is 18.5. The largest absolute Gasteiger partial charge is 0.228 e. The van der Waals surface area contributed by atoms with Crippen molar-refractivity contribution in [1.82, 2.24) is 9.97 Å². The van der Waals surface area contributed by atoms with Crippen molar-refractivity contribution in [2.75, 3.05) is 0 Å². The van der Waals surface area contributed by atoms with Crippen molar-refractivity contribution in [3.63, 3.8) is 0 Å². The van der Waals surface area contributed by atoms with E-state index in [9.17, 15) is 0 Å². The Bertz CT molecular complexity index is 3150. The standard InChI is InChI=1S/C60H46N2/c1-3-14-40(15-4-1)41-26-28-42(29-27-41)56-37-57(62-59(61-56)43-16-5-2-6-17-43)51-23-12-11-21-49(51)48-20-9-10-22-50(48)52-24-13-25-54-58(52)53-35-44-18-7-8-19-45(44)36-55(53)60(54)46-31-38-30-39(33-46)34-47(60)32-38/h1-29,35-39,46-47H,30-34H2. The molecular formula is C60H46N2. The lowest BCUT2D eigenvalue weighted by atomic mass is 9.43. The van der Waals surface area contributed by atoms with Crippen LogP contribution < -0.4 is 0 Å². The van der Waals surface area contributed by atoms with Crippen molar-refractivity contribution >= 4 is 10.8 Å². The molecule has 0 atom stereocenters. The fraction of sp³-hybridized carbons (Fsp3) is 0.167. The van der Waals surface area contributed by atoms with Crippen molar-refractivity contribution in [2.45, 2.75) is 37.5 Å². The van der Waals surface area contributed by atoms with E-state index in [4.69, 9.17) is 9.97 Å². The SMILES string of the molecule is c1ccc(-c2ccc(-c3cc(-c4ccccc4-c4ccccc4-c4cccc5c4-c4cc6ccccc6cc4C54C5CC6CC(C5)CC4C6)nc(-c4ccccc4)n3)cc2)cc1. The molecule has 4 saturated carbocycles. The van der Waals surface area contributed by atoms with Crippen molar-refractivity contribution in [2.24, 2.45) is 23.7 Å². The third-order valence-corrected chi connectivity index (χ3v) is 15.3. The highest BCUT2D eigenvalue weighted by Crippen LogP contribution is 2.70. The first-order valence-corrected chi connectivity index (χ1v) is 22.7. The molecule has 1 spiro atoms. The molecule has 5 aliphatic rings. The minimum absolute atomic E-state index is 0.0788. The second-order valence-corrected chi connectivity index (χ2v) is 18.5. The lowest BCUT2D eigenvalue weighted by molar-refractivity contribution is -0.0398. The molecule has 4 bridgehead atoms. The summed E-state index contributed by atoms with van der Waals surface area (Å²) in [7, 11) is 0. The van der Waals surface area contributed by atoms with Crippen LogP contribution in [-0.2, 0) is 5.41 Å². The highest BCUT2D eigenvalue weighted by molar-refractivity contribution is 6.02. The molecule has 0 saturated heterocycles. The predicted octanol–water partition coefficient (Wildman–Crippen LogP) is 15.4. The van der Waals surface area contributed by atoms with E-state index < -0.39 is 0 Å². The Morgan fingerprint density at radius 3 is 1.52 bits per heavy atom. The molecule has 14 rings (SSSR count). The van der Waals surface area contributed by atoms with E-state index in [1.165, 1.54) is 87.4 Å². The van der Waals surface area contributed by atoms with Gasteiger partial charge in [0.2, 0.25) is 0 Å². The summed E-state index contributed by atoms with van der Waals surface area (Å²) in [6.07, 6.45) is 6.94. The highest BCUT2D eigenvalue weighted by Gasteiger charge is 2.61. The van der Waals surface area contributed by atoms with Crippen LogP contribution in [0.1, 0.15) is 43.2 Å². The average Bonchev–Trinajstić information content (AvgIpc) is 3.62. The summed E-state index contributed by atoms with van der Waals surface area (Å²) in [6.45, 7) is 0. The first-order valence-electron chi connectivity index (χ1n) is 22.7. The topological polar surface area (TPSA) is 25.8 Å². The first-order chi connectivity index (χ1) is 30.7. The zero-order valence-electron chi connectivity index (χ0n) is 34.7.